The second-order valence-corrected chi connectivity index (χ2v) is 5.81. The number of hydrogen-bond donors (Lipinski definition) is 3. The van der Waals surface area contributed by atoms with Gasteiger partial charge in [-0.15, -0.1) is 0 Å². The van der Waals surface area contributed by atoms with Crippen LogP contribution in [0.15, 0.2) is 30.5 Å². The van der Waals surface area contributed by atoms with Crippen molar-refractivity contribution in [3.63, 3.8) is 0 Å². The molecule has 1 aromatic carbocycles. The predicted molar refractivity (Wildman–Crippen MR) is 85.2 cm³/mol. The number of hydrogen-bond acceptors (Lipinski definition) is 6. The largest absolute Gasteiger partial charge is 0.452 e. The van der Waals surface area contributed by atoms with Crippen molar-refractivity contribution in [2.45, 2.75) is 18.9 Å². The number of rotatable bonds is 5. The molecule has 2 aromatic rings. The number of anilines is 2. The quantitative estimate of drug-likeness (QED) is 0.784. The predicted octanol–water partition coefficient (Wildman–Crippen LogP) is 2.69. The third kappa shape index (κ3) is 3.58. The molecule has 0 unspecified atom stereocenters. The number of ether oxygens (including phenoxy) is 1. The van der Waals surface area contributed by atoms with E-state index in [0.29, 0.717) is 34.8 Å². The van der Waals surface area contributed by atoms with Gasteiger partial charge in [0.25, 0.3) is 0 Å². The van der Waals surface area contributed by atoms with Crippen LogP contribution in [0, 0.1) is 5.92 Å². The summed E-state index contributed by atoms with van der Waals surface area (Å²) in [4.78, 5) is 8.14. The molecule has 1 aliphatic carbocycles. The summed E-state index contributed by atoms with van der Waals surface area (Å²) in [7, 11) is 0. The number of nitrogens with zero attached hydrogens (tertiary/aromatic N) is 2. The lowest BCUT2D eigenvalue weighted by Gasteiger charge is -2.31. The van der Waals surface area contributed by atoms with Crippen LogP contribution in [0.3, 0.4) is 0 Å². The van der Waals surface area contributed by atoms with Crippen LogP contribution in [0.1, 0.15) is 12.8 Å². The first-order valence-corrected chi connectivity index (χ1v) is 7.46. The Morgan fingerprint density at radius 3 is 2.73 bits per heavy atom. The molecule has 1 heterocycles. The van der Waals surface area contributed by atoms with Crippen molar-refractivity contribution >= 4 is 23.4 Å². The van der Waals surface area contributed by atoms with Crippen LogP contribution < -0.4 is 15.8 Å². The Bertz CT molecular complexity index is 644. The van der Waals surface area contributed by atoms with Gasteiger partial charge >= 0.3 is 0 Å². The molecule has 1 saturated carbocycles. The van der Waals surface area contributed by atoms with Gasteiger partial charge < -0.3 is 20.9 Å². The second-order valence-electron chi connectivity index (χ2n) is 5.37. The Hall–Kier alpha value is -2.05. The fourth-order valence-corrected chi connectivity index (χ4v) is 2.45. The van der Waals surface area contributed by atoms with Crippen LogP contribution in [-0.2, 0) is 0 Å². The average Bonchev–Trinajstić information content (AvgIpc) is 2.47. The van der Waals surface area contributed by atoms with E-state index in [4.69, 9.17) is 22.1 Å². The van der Waals surface area contributed by atoms with Crippen molar-refractivity contribution in [3.8, 4) is 11.5 Å². The first-order valence-electron chi connectivity index (χ1n) is 7.08. The van der Waals surface area contributed by atoms with Gasteiger partial charge in [0, 0.05) is 11.6 Å². The zero-order valence-corrected chi connectivity index (χ0v) is 12.6. The number of halogens is 1. The van der Waals surface area contributed by atoms with Crippen LogP contribution in [0.2, 0.25) is 5.02 Å². The van der Waals surface area contributed by atoms with Crippen molar-refractivity contribution in [3.05, 3.63) is 35.5 Å². The molecule has 0 atom stereocenters. The fourth-order valence-electron chi connectivity index (χ4n) is 2.32. The summed E-state index contributed by atoms with van der Waals surface area (Å²) in [6, 6.07) is 7.03. The molecule has 0 radical (unpaired) electrons. The number of nitrogens with one attached hydrogen (secondary N) is 1. The number of nitrogen functional groups attached to an aromatic ring is 1. The third-order valence-corrected chi connectivity index (χ3v) is 3.84. The van der Waals surface area contributed by atoms with E-state index in [-0.39, 0.29) is 12.1 Å². The molecule has 0 saturated heterocycles. The fraction of sp³-hybridized carbons (Fsp3) is 0.333. The summed E-state index contributed by atoms with van der Waals surface area (Å²) in [5.74, 6) is 2.30. The van der Waals surface area contributed by atoms with Crippen LogP contribution in [0.4, 0.5) is 11.8 Å². The molecule has 0 spiro atoms. The van der Waals surface area contributed by atoms with Crippen molar-refractivity contribution < 1.29 is 9.84 Å². The zero-order valence-electron chi connectivity index (χ0n) is 11.9. The molecule has 1 aliphatic rings. The van der Waals surface area contributed by atoms with E-state index in [0.717, 1.165) is 12.8 Å². The number of nitrogens with two attached hydrogens (primary N) is 1. The lowest BCUT2D eigenvalue weighted by Crippen LogP contribution is -2.33. The molecular weight excluding hydrogens is 304 g/mol. The van der Waals surface area contributed by atoms with E-state index >= 15 is 0 Å². The number of aromatic nitrogens is 2. The van der Waals surface area contributed by atoms with Crippen molar-refractivity contribution in [2.24, 2.45) is 5.92 Å². The van der Waals surface area contributed by atoms with E-state index < -0.39 is 0 Å². The van der Waals surface area contributed by atoms with Crippen molar-refractivity contribution in [1.29, 1.82) is 0 Å². The van der Waals surface area contributed by atoms with Gasteiger partial charge in [-0.25, -0.2) is 4.98 Å². The zero-order chi connectivity index (χ0) is 15.5. The van der Waals surface area contributed by atoms with Gasteiger partial charge in [-0.3, -0.25) is 0 Å². The van der Waals surface area contributed by atoms with E-state index in [1.165, 1.54) is 6.20 Å². The standard InChI is InChI=1S/C15H17ClN4O2/c16-10-1-3-12(4-2-10)22-13-8-19-15(17)20-14(13)18-7-9-5-11(21)6-9/h1-4,8-9,11,21H,5-7H2,(H3,17,18,19,20). The maximum absolute atomic E-state index is 9.32. The molecule has 1 aromatic heterocycles. The van der Waals surface area contributed by atoms with E-state index in [9.17, 15) is 5.11 Å². The monoisotopic (exact) mass is 320 g/mol. The highest BCUT2D eigenvalue weighted by Gasteiger charge is 2.27. The molecule has 0 bridgehead atoms. The summed E-state index contributed by atoms with van der Waals surface area (Å²) in [6.07, 6.45) is 2.98. The summed E-state index contributed by atoms with van der Waals surface area (Å²) in [5.41, 5.74) is 5.64. The van der Waals surface area contributed by atoms with Gasteiger partial charge in [0.05, 0.1) is 12.3 Å². The molecule has 1 fully saturated rings. The van der Waals surface area contributed by atoms with Crippen molar-refractivity contribution in [2.75, 3.05) is 17.6 Å². The smallest absolute Gasteiger partial charge is 0.222 e. The number of benzene rings is 1. The minimum Gasteiger partial charge on any atom is -0.452 e. The molecule has 6 nitrogen and oxygen atoms in total. The molecule has 7 heteroatoms. The second kappa shape index (κ2) is 6.37. The van der Waals surface area contributed by atoms with Crippen LogP contribution in [0.5, 0.6) is 11.5 Å². The van der Waals surface area contributed by atoms with Crippen molar-refractivity contribution in [1.82, 2.24) is 9.97 Å². The Morgan fingerprint density at radius 2 is 2.05 bits per heavy atom. The minimum absolute atomic E-state index is 0.174. The van der Waals surface area contributed by atoms with E-state index in [1.807, 2.05) is 0 Å². The summed E-state index contributed by atoms with van der Waals surface area (Å²) in [5, 5.41) is 13.2. The van der Waals surface area contributed by atoms with Crippen LogP contribution in [0.25, 0.3) is 0 Å². The topological polar surface area (TPSA) is 93.3 Å². The Labute approximate surface area is 133 Å². The maximum Gasteiger partial charge on any atom is 0.222 e. The first kappa shape index (κ1) is 14.9. The van der Waals surface area contributed by atoms with Gasteiger partial charge in [0.15, 0.2) is 11.6 Å². The molecule has 22 heavy (non-hydrogen) atoms. The van der Waals surface area contributed by atoms with E-state index in [1.54, 1.807) is 24.3 Å². The third-order valence-electron chi connectivity index (χ3n) is 3.58. The maximum atomic E-state index is 9.32. The molecule has 0 amide bonds. The van der Waals surface area contributed by atoms with Gasteiger partial charge in [-0.05, 0) is 43.0 Å². The molecule has 3 rings (SSSR count). The van der Waals surface area contributed by atoms with Crippen LogP contribution in [-0.4, -0.2) is 27.7 Å². The Morgan fingerprint density at radius 1 is 1.32 bits per heavy atom. The molecular formula is C15H17ClN4O2. The number of aliphatic hydroxyl groups is 1. The lowest BCUT2D eigenvalue weighted by molar-refractivity contribution is 0.0486. The molecule has 116 valence electrons. The molecule has 0 aliphatic heterocycles. The normalized spacial score (nSPS) is 20.3. The first-order chi connectivity index (χ1) is 10.6. The number of aliphatic hydroxyl groups excluding tert-OH is 1. The average molecular weight is 321 g/mol. The summed E-state index contributed by atoms with van der Waals surface area (Å²) < 4.78 is 5.77. The summed E-state index contributed by atoms with van der Waals surface area (Å²) >= 11 is 5.86. The van der Waals surface area contributed by atoms with Crippen LogP contribution >= 0.6 is 11.6 Å². The SMILES string of the molecule is Nc1ncc(Oc2ccc(Cl)cc2)c(NCC2CC(O)C2)n1. The summed E-state index contributed by atoms with van der Waals surface area (Å²) in [6.45, 7) is 0.713. The Kier molecular flexibility index (Phi) is 4.31. The van der Waals surface area contributed by atoms with Gasteiger partial charge in [-0.2, -0.15) is 4.98 Å². The lowest BCUT2D eigenvalue weighted by atomic mass is 9.82. The highest BCUT2D eigenvalue weighted by Crippen LogP contribution is 2.31. The van der Waals surface area contributed by atoms with E-state index in [2.05, 4.69) is 15.3 Å². The van der Waals surface area contributed by atoms with Gasteiger partial charge in [-0.1, -0.05) is 11.6 Å². The minimum atomic E-state index is -0.174. The van der Waals surface area contributed by atoms with Gasteiger partial charge in [0.2, 0.25) is 5.95 Å². The molecule has 4 N–H and O–H groups in total. The highest BCUT2D eigenvalue weighted by molar-refractivity contribution is 6.30. The highest BCUT2D eigenvalue weighted by atomic mass is 35.5. The van der Waals surface area contributed by atoms with Gasteiger partial charge in [0.1, 0.15) is 5.75 Å². The Balaban J connectivity index is 1.70.